The monoisotopic (exact) mass is 332 g/mol. The average molecular weight is 332 g/mol. The van der Waals surface area contributed by atoms with Gasteiger partial charge in [0, 0.05) is 36.8 Å². The summed E-state index contributed by atoms with van der Waals surface area (Å²) in [6.45, 7) is 3.80. The van der Waals surface area contributed by atoms with Crippen molar-refractivity contribution in [2.24, 2.45) is 0 Å². The highest BCUT2D eigenvalue weighted by molar-refractivity contribution is 7.13. The standard InChI is InChI=1S/C14H16N6O2S/c1-8(2)19(3)14(21)22-9-6-10(15)20-11(7-9)17-12(18-20)13-16-4-5-23-13/h4-8H,15H2,1-3H3. The van der Waals surface area contributed by atoms with Crippen molar-refractivity contribution in [1.29, 1.82) is 0 Å². The third kappa shape index (κ3) is 2.95. The highest BCUT2D eigenvalue weighted by Gasteiger charge is 2.17. The number of hydrogen-bond acceptors (Lipinski definition) is 7. The Labute approximate surface area is 136 Å². The molecule has 120 valence electrons. The van der Waals surface area contributed by atoms with Crippen molar-refractivity contribution in [2.45, 2.75) is 19.9 Å². The van der Waals surface area contributed by atoms with Crippen molar-refractivity contribution in [2.75, 3.05) is 12.8 Å². The molecule has 9 heteroatoms. The van der Waals surface area contributed by atoms with Crippen molar-refractivity contribution in [1.82, 2.24) is 24.5 Å². The summed E-state index contributed by atoms with van der Waals surface area (Å²) in [4.78, 5) is 22.0. The maximum Gasteiger partial charge on any atom is 0.415 e. The van der Waals surface area contributed by atoms with Crippen molar-refractivity contribution >= 4 is 28.9 Å². The summed E-state index contributed by atoms with van der Waals surface area (Å²) >= 11 is 1.44. The van der Waals surface area contributed by atoms with Crippen LogP contribution in [0.2, 0.25) is 0 Å². The summed E-state index contributed by atoms with van der Waals surface area (Å²) in [5.41, 5.74) is 6.46. The molecule has 0 aliphatic carbocycles. The van der Waals surface area contributed by atoms with E-state index in [0.29, 0.717) is 28.0 Å². The Balaban J connectivity index is 1.93. The summed E-state index contributed by atoms with van der Waals surface area (Å²) in [6.07, 6.45) is 1.23. The van der Waals surface area contributed by atoms with Crippen LogP contribution in [0.1, 0.15) is 13.8 Å². The number of carbonyl (C=O) groups is 1. The third-order valence-electron chi connectivity index (χ3n) is 3.33. The maximum atomic E-state index is 12.0. The molecule has 0 aliphatic heterocycles. The van der Waals surface area contributed by atoms with Gasteiger partial charge in [-0.05, 0) is 13.8 Å². The number of aromatic nitrogens is 4. The first-order valence-corrected chi connectivity index (χ1v) is 7.84. The lowest BCUT2D eigenvalue weighted by molar-refractivity contribution is 0.152. The fraction of sp³-hybridized carbons (Fsp3) is 0.286. The molecular weight excluding hydrogens is 316 g/mol. The number of rotatable bonds is 3. The van der Waals surface area contributed by atoms with Gasteiger partial charge in [-0.2, -0.15) is 4.52 Å². The van der Waals surface area contributed by atoms with Gasteiger partial charge < -0.3 is 15.4 Å². The number of carbonyl (C=O) groups excluding carboxylic acids is 1. The lowest BCUT2D eigenvalue weighted by atomic mass is 10.4. The van der Waals surface area contributed by atoms with Gasteiger partial charge >= 0.3 is 6.09 Å². The molecular formula is C14H16N6O2S. The second-order valence-electron chi connectivity index (χ2n) is 5.23. The van der Waals surface area contributed by atoms with Gasteiger partial charge in [0.2, 0.25) is 5.82 Å². The molecule has 0 bridgehead atoms. The number of hydrogen-bond donors (Lipinski definition) is 1. The number of thiazole rings is 1. The van der Waals surface area contributed by atoms with Crippen molar-refractivity contribution in [3.63, 3.8) is 0 Å². The number of nitrogens with two attached hydrogens (primary N) is 1. The summed E-state index contributed by atoms with van der Waals surface area (Å²) in [7, 11) is 1.67. The van der Waals surface area contributed by atoms with Crippen LogP contribution in [-0.4, -0.2) is 43.7 Å². The largest absolute Gasteiger partial charge is 0.415 e. The fourth-order valence-corrected chi connectivity index (χ4v) is 2.41. The molecule has 0 spiro atoms. The van der Waals surface area contributed by atoms with E-state index in [9.17, 15) is 4.79 Å². The van der Waals surface area contributed by atoms with E-state index < -0.39 is 6.09 Å². The van der Waals surface area contributed by atoms with E-state index in [0.717, 1.165) is 0 Å². The molecule has 0 atom stereocenters. The lowest BCUT2D eigenvalue weighted by Gasteiger charge is -2.20. The minimum absolute atomic E-state index is 0.0353. The Morgan fingerprint density at radius 3 is 2.87 bits per heavy atom. The Bertz CT molecular complexity index is 842. The molecule has 0 unspecified atom stereocenters. The van der Waals surface area contributed by atoms with Crippen molar-refractivity contribution < 1.29 is 9.53 Å². The summed E-state index contributed by atoms with van der Waals surface area (Å²) < 4.78 is 6.83. The van der Waals surface area contributed by atoms with Gasteiger partial charge in [0.15, 0.2) is 10.7 Å². The molecule has 0 radical (unpaired) electrons. The van der Waals surface area contributed by atoms with E-state index in [1.807, 2.05) is 19.2 Å². The van der Waals surface area contributed by atoms with Crippen LogP contribution in [0.4, 0.5) is 10.6 Å². The van der Waals surface area contributed by atoms with Gasteiger partial charge in [-0.1, -0.05) is 0 Å². The van der Waals surface area contributed by atoms with Gasteiger partial charge in [-0.3, -0.25) is 0 Å². The Hall–Kier alpha value is -2.68. The summed E-state index contributed by atoms with van der Waals surface area (Å²) in [6, 6.07) is 3.19. The molecule has 0 aromatic carbocycles. The SMILES string of the molecule is CC(C)N(C)C(=O)Oc1cc(N)n2nc(-c3nccs3)nc2c1. The molecule has 3 aromatic rings. The first-order chi connectivity index (χ1) is 11.0. The van der Waals surface area contributed by atoms with Crippen LogP contribution in [0.25, 0.3) is 16.5 Å². The second-order valence-corrected chi connectivity index (χ2v) is 6.13. The van der Waals surface area contributed by atoms with Gasteiger partial charge in [-0.25, -0.2) is 14.8 Å². The maximum absolute atomic E-state index is 12.0. The normalized spacial score (nSPS) is 11.1. The summed E-state index contributed by atoms with van der Waals surface area (Å²) in [5, 5.41) is 6.86. The first kappa shape index (κ1) is 15.2. The number of fused-ring (bicyclic) bond motifs is 1. The molecule has 23 heavy (non-hydrogen) atoms. The van der Waals surface area contributed by atoms with Crippen LogP contribution in [0, 0.1) is 0 Å². The van der Waals surface area contributed by atoms with E-state index >= 15 is 0 Å². The molecule has 1 amide bonds. The van der Waals surface area contributed by atoms with E-state index in [4.69, 9.17) is 10.5 Å². The zero-order valence-electron chi connectivity index (χ0n) is 12.9. The lowest BCUT2D eigenvalue weighted by Crippen LogP contribution is -2.35. The number of nitrogen functional groups attached to an aromatic ring is 1. The van der Waals surface area contributed by atoms with Crippen LogP contribution in [-0.2, 0) is 0 Å². The number of nitrogens with zero attached hydrogens (tertiary/aromatic N) is 5. The zero-order valence-corrected chi connectivity index (χ0v) is 13.7. The predicted octanol–water partition coefficient (Wildman–Crippen LogP) is 2.27. The minimum Gasteiger partial charge on any atom is -0.410 e. The predicted molar refractivity (Wildman–Crippen MR) is 87.4 cm³/mol. The molecule has 0 aliphatic rings. The second kappa shape index (κ2) is 5.84. The molecule has 0 fully saturated rings. The molecule has 8 nitrogen and oxygen atoms in total. The number of amides is 1. The van der Waals surface area contributed by atoms with Gasteiger partial charge in [0.25, 0.3) is 0 Å². The zero-order chi connectivity index (χ0) is 16.6. The van der Waals surface area contributed by atoms with E-state index in [1.54, 1.807) is 25.4 Å². The molecule has 0 saturated heterocycles. The van der Waals surface area contributed by atoms with Crippen LogP contribution in [0.15, 0.2) is 23.7 Å². The molecule has 3 heterocycles. The topological polar surface area (TPSA) is 98.6 Å². The van der Waals surface area contributed by atoms with Crippen molar-refractivity contribution in [3.05, 3.63) is 23.7 Å². The van der Waals surface area contributed by atoms with Crippen LogP contribution in [0.5, 0.6) is 5.75 Å². The van der Waals surface area contributed by atoms with Gasteiger partial charge in [-0.15, -0.1) is 16.4 Å². The Kier molecular flexibility index (Phi) is 3.87. The van der Waals surface area contributed by atoms with Crippen LogP contribution in [0.3, 0.4) is 0 Å². The highest BCUT2D eigenvalue weighted by Crippen LogP contribution is 2.23. The quantitative estimate of drug-likeness (QED) is 0.790. The average Bonchev–Trinajstić information content (AvgIpc) is 3.14. The highest BCUT2D eigenvalue weighted by atomic mass is 32.1. The van der Waals surface area contributed by atoms with Gasteiger partial charge in [0.05, 0.1) is 0 Å². The fourth-order valence-electron chi connectivity index (χ4n) is 1.85. The van der Waals surface area contributed by atoms with Crippen LogP contribution < -0.4 is 10.5 Å². The van der Waals surface area contributed by atoms with E-state index in [-0.39, 0.29) is 6.04 Å². The number of ether oxygens (including phenoxy) is 1. The minimum atomic E-state index is -0.455. The van der Waals surface area contributed by atoms with Crippen molar-refractivity contribution in [3.8, 4) is 16.6 Å². The molecule has 2 N–H and O–H groups in total. The van der Waals surface area contributed by atoms with E-state index in [1.165, 1.54) is 20.8 Å². The molecule has 0 saturated carbocycles. The molecule has 3 rings (SSSR count). The number of pyridine rings is 1. The Morgan fingerprint density at radius 2 is 2.22 bits per heavy atom. The third-order valence-corrected chi connectivity index (χ3v) is 4.10. The number of anilines is 1. The summed E-state index contributed by atoms with van der Waals surface area (Å²) in [5.74, 6) is 1.13. The van der Waals surface area contributed by atoms with E-state index in [2.05, 4.69) is 15.1 Å². The van der Waals surface area contributed by atoms with Crippen LogP contribution >= 0.6 is 11.3 Å². The smallest absolute Gasteiger partial charge is 0.410 e. The first-order valence-electron chi connectivity index (χ1n) is 6.96. The Morgan fingerprint density at radius 1 is 1.43 bits per heavy atom. The molecule has 3 aromatic heterocycles. The van der Waals surface area contributed by atoms with Gasteiger partial charge in [0.1, 0.15) is 11.6 Å².